The van der Waals surface area contributed by atoms with Crippen molar-refractivity contribution in [2.24, 2.45) is 0 Å². The number of aromatic nitrogens is 2. The Kier molecular flexibility index (Phi) is 5.59. The fourth-order valence-electron chi connectivity index (χ4n) is 3.62. The van der Waals surface area contributed by atoms with Crippen molar-refractivity contribution in [3.05, 3.63) is 88.3 Å². The van der Waals surface area contributed by atoms with Crippen molar-refractivity contribution in [3.8, 4) is 11.1 Å². The van der Waals surface area contributed by atoms with Crippen molar-refractivity contribution in [1.82, 2.24) is 9.89 Å². The molecule has 0 atom stereocenters. The van der Waals surface area contributed by atoms with Crippen molar-refractivity contribution in [2.45, 2.75) is 38.9 Å². The maximum absolute atomic E-state index is 14.8. The Balaban J connectivity index is 1.58. The molecule has 0 saturated carbocycles. The van der Waals surface area contributed by atoms with E-state index in [1.807, 2.05) is 12.1 Å². The summed E-state index contributed by atoms with van der Waals surface area (Å²) in [5, 5.41) is 5.06. The van der Waals surface area contributed by atoms with Crippen LogP contribution in [0.5, 0.6) is 0 Å². The summed E-state index contributed by atoms with van der Waals surface area (Å²) in [6.45, 7) is 4.01. The van der Waals surface area contributed by atoms with Crippen molar-refractivity contribution in [3.63, 3.8) is 0 Å². The number of nitrogens with zero attached hydrogens (tertiary/aromatic N) is 2. The first kappa shape index (κ1) is 20.8. The van der Waals surface area contributed by atoms with Crippen molar-refractivity contribution >= 4 is 11.0 Å². The molecule has 5 nitrogen and oxygen atoms in total. The molecule has 31 heavy (non-hydrogen) atoms. The second-order valence-corrected chi connectivity index (χ2v) is 7.47. The smallest absolute Gasteiger partial charge is 0.336 e. The second kappa shape index (κ2) is 8.34. The number of hydrogen-bond donors (Lipinski definition) is 1. The summed E-state index contributed by atoms with van der Waals surface area (Å²) >= 11 is 0. The lowest BCUT2D eigenvalue weighted by Gasteiger charge is -2.19. The quantitative estimate of drug-likeness (QED) is 0.398. The van der Waals surface area contributed by atoms with E-state index in [2.05, 4.69) is 10.5 Å². The zero-order chi connectivity index (χ0) is 22.0. The minimum absolute atomic E-state index is 0.339. The van der Waals surface area contributed by atoms with Crippen LogP contribution in [0.4, 0.5) is 8.78 Å². The van der Waals surface area contributed by atoms with Crippen molar-refractivity contribution in [2.75, 3.05) is 5.43 Å². The van der Waals surface area contributed by atoms with Crippen LogP contribution >= 0.6 is 0 Å². The normalized spacial score (nSPS) is 11.7. The largest absolute Gasteiger partial charge is 0.423 e. The Morgan fingerprint density at radius 3 is 2.52 bits per heavy atom. The van der Waals surface area contributed by atoms with E-state index in [1.54, 1.807) is 44.3 Å². The van der Waals surface area contributed by atoms with Gasteiger partial charge in [0.15, 0.2) is 5.67 Å². The van der Waals surface area contributed by atoms with Gasteiger partial charge in [0.1, 0.15) is 17.1 Å². The molecule has 0 radical (unpaired) electrons. The third kappa shape index (κ3) is 4.21. The minimum atomic E-state index is -1.43. The first-order valence-corrected chi connectivity index (χ1v) is 10.2. The highest BCUT2D eigenvalue weighted by molar-refractivity contribution is 5.93. The van der Waals surface area contributed by atoms with Crippen molar-refractivity contribution < 1.29 is 13.2 Å². The molecule has 1 N–H and O–H groups in total. The van der Waals surface area contributed by atoms with E-state index in [9.17, 15) is 13.6 Å². The van der Waals surface area contributed by atoms with Crippen LogP contribution in [0, 0.1) is 5.82 Å². The Hall–Kier alpha value is -3.48. The van der Waals surface area contributed by atoms with Crippen LogP contribution in [0.1, 0.15) is 37.9 Å². The molecule has 0 aliphatic carbocycles. The van der Waals surface area contributed by atoms with Crippen LogP contribution in [-0.2, 0) is 12.2 Å². The van der Waals surface area contributed by atoms with Crippen LogP contribution in [0.25, 0.3) is 22.1 Å². The maximum atomic E-state index is 14.8. The van der Waals surface area contributed by atoms with Crippen molar-refractivity contribution in [1.29, 1.82) is 0 Å². The highest BCUT2D eigenvalue weighted by Crippen LogP contribution is 2.31. The van der Waals surface area contributed by atoms with Gasteiger partial charge >= 0.3 is 5.63 Å². The average molecular weight is 423 g/mol. The van der Waals surface area contributed by atoms with Crippen LogP contribution < -0.4 is 11.1 Å². The van der Waals surface area contributed by atoms with E-state index in [-0.39, 0.29) is 5.82 Å². The lowest BCUT2D eigenvalue weighted by atomic mass is 9.96. The molecule has 4 aromatic rings. The molecule has 0 spiro atoms. The van der Waals surface area contributed by atoms with E-state index < -0.39 is 11.3 Å². The molecule has 0 saturated heterocycles. The highest BCUT2D eigenvalue weighted by atomic mass is 19.1. The number of rotatable bonds is 7. The first-order valence-electron chi connectivity index (χ1n) is 10.2. The number of hydrogen-bond acceptors (Lipinski definition) is 4. The summed E-state index contributed by atoms with van der Waals surface area (Å²) in [6.07, 6.45) is 2.41. The SMILES string of the molecule is CCC(F)(CC)c1ccn(NCc2ccc3c(-c4ccc(F)cc4)cc(=O)oc3c2)n1. The fraction of sp³-hybridized carbons (Fsp3) is 0.250. The number of nitrogens with one attached hydrogen (secondary N) is 1. The third-order valence-electron chi connectivity index (χ3n) is 5.58. The van der Waals surface area contributed by atoms with Crippen LogP contribution in [0.15, 0.2) is 70.0 Å². The number of benzene rings is 2. The molecule has 160 valence electrons. The van der Waals surface area contributed by atoms with Gasteiger partial charge in [0.2, 0.25) is 0 Å². The van der Waals surface area contributed by atoms with Crippen LogP contribution in [-0.4, -0.2) is 9.89 Å². The molecular weight excluding hydrogens is 400 g/mol. The molecule has 7 heteroatoms. The van der Waals surface area contributed by atoms with Crippen LogP contribution in [0.2, 0.25) is 0 Å². The molecule has 0 unspecified atom stereocenters. The molecule has 2 aromatic heterocycles. The van der Waals surface area contributed by atoms with Gasteiger partial charge in [-0.2, -0.15) is 9.89 Å². The maximum Gasteiger partial charge on any atom is 0.336 e. The van der Waals surface area contributed by atoms with Gasteiger partial charge in [-0.05, 0) is 53.8 Å². The molecule has 0 amide bonds. The molecule has 2 heterocycles. The van der Waals surface area contributed by atoms with E-state index in [4.69, 9.17) is 4.42 Å². The Morgan fingerprint density at radius 2 is 1.81 bits per heavy atom. The number of halogens is 2. The van der Waals surface area contributed by atoms with E-state index in [0.717, 1.165) is 16.5 Å². The topological polar surface area (TPSA) is 60.1 Å². The fourth-order valence-corrected chi connectivity index (χ4v) is 3.62. The Bertz CT molecular complexity index is 1260. The van der Waals surface area contributed by atoms with E-state index >= 15 is 0 Å². The van der Waals surface area contributed by atoms with Gasteiger partial charge in [0.05, 0.1) is 6.54 Å². The monoisotopic (exact) mass is 423 g/mol. The molecular formula is C24H23F2N3O2. The lowest BCUT2D eigenvalue weighted by Crippen LogP contribution is -2.21. The molecule has 4 rings (SSSR count). The predicted molar refractivity (Wildman–Crippen MR) is 117 cm³/mol. The van der Waals surface area contributed by atoms with E-state index in [1.165, 1.54) is 23.0 Å². The molecule has 0 aliphatic heterocycles. The summed E-state index contributed by atoms with van der Waals surface area (Å²) in [4.78, 5) is 13.6. The van der Waals surface area contributed by atoms with Gasteiger partial charge in [-0.1, -0.05) is 38.1 Å². The summed E-state index contributed by atoms with van der Waals surface area (Å²) < 4.78 is 33.5. The number of fused-ring (bicyclic) bond motifs is 1. The van der Waals surface area contributed by atoms with Gasteiger partial charge < -0.3 is 9.84 Å². The standard InChI is InChI=1S/C24H23F2N3O2/c1-3-24(26,4-2)22-11-12-29(28-22)27-15-16-5-10-19-20(14-23(30)31-21(19)13-16)17-6-8-18(25)9-7-17/h5-14,27H,3-4,15H2,1-2H3. The molecule has 0 fully saturated rings. The zero-order valence-corrected chi connectivity index (χ0v) is 17.4. The summed E-state index contributed by atoms with van der Waals surface area (Å²) in [6, 6.07) is 14.6. The molecule has 0 aliphatic rings. The zero-order valence-electron chi connectivity index (χ0n) is 17.4. The Morgan fingerprint density at radius 1 is 1.06 bits per heavy atom. The van der Waals surface area contributed by atoms with E-state index in [0.29, 0.717) is 36.2 Å². The predicted octanol–water partition coefficient (Wildman–Crippen LogP) is 5.52. The van der Waals surface area contributed by atoms with Gasteiger partial charge in [-0.25, -0.2) is 13.6 Å². The van der Waals surface area contributed by atoms with Gasteiger partial charge in [0, 0.05) is 17.6 Å². The molecule has 2 aromatic carbocycles. The molecule has 0 bridgehead atoms. The summed E-state index contributed by atoms with van der Waals surface area (Å²) in [5.74, 6) is -0.339. The van der Waals surface area contributed by atoms with Crippen LogP contribution in [0.3, 0.4) is 0 Å². The lowest BCUT2D eigenvalue weighted by molar-refractivity contribution is 0.144. The minimum Gasteiger partial charge on any atom is -0.423 e. The summed E-state index contributed by atoms with van der Waals surface area (Å²) in [7, 11) is 0. The summed E-state index contributed by atoms with van der Waals surface area (Å²) in [5.41, 5.74) is 4.31. The third-order valence-corrected chi connectivity index (χ3v) is 5.58. The average Bonchev–Trinajstić information content (AvgIpc) is 3.26. The van der Waals surface area contributed by atoms with Gasteiger partial charge in [-0.3, -0.25) is 0 Å². The second-order valence-electron chi connectivity index (χ2n) is 7.47. The van der Waals surface area contributed by atoms with Gasteiger partial charge in [0.25, 0.3) is 0 Å². The Labute approximate surface area is 178 Å². The van der Waals surface area contributed by atoms with Gasteiger partial charge in [-0.15, -0.1) is 0 Å². The first-order chi connectivity index (χ1) is 14.9. The highest BCUT2D eigenvalue weighted by Gasteiger charge is 2.30. The number of alkyl halides is 1.